The summed E-state index contributed by atoms with van der Waals surface area (Å²) in [4.78, 5) is 0. The summed E-state index contributed by atoms with van der Waals surface area (Å²) in [5.74, 6) is 0.510. The molecule has 0 unspecified atom stereocenters. The van der Waals surface area contributed by atoms with Crippen LogP contribution >= 0.6 is 0 Å². The second kappa shape index (κ2) is 6.44. The van der Waals surface area contributed by atoms with Gasteiger partial charge in [-0.15, -0.1) is 0 Å². The van der Waals surface area contributed by atoms with Crippen LogP contribution in [0, 0.1) is 0 Å². The molecule has 0 N–H and O–H groups in total. The van der Waals surface area contributed by atoms with Crippen molar-refractivity contribution in [1.82, 2.24) is 9.78 Å². The topological polar surface area (TPSA) is 17.8 Å². The van der Waals surface area contributed by atoms with Crippen molar-refractivity contribution in [2.24, 2.45) is 0 Å². The molecule has 0 aliphatic rings. The van der Waals surface area contributed by atoms with Gasteiger partial charge in [0.25, 0.3) is 0 Å². The SMILES string of the molecule is CC(C)c1ccc(-n2cccn2)c(/C=C/c2ccccc2)c1. The fraction of sp³-hybridized carbons (Fsp3) is 0.150. The van der Waals surface area contributed by atoms with Crippen LogP contribution in [0.1, 0.15) is 36.5 Å². The van der Waals surface area contributed by atoms with Crippen molar-refractivity contribution in [3.05, 3.63) is 83.7 Å². The van der Waals surface area contributed by atoms with E-state index < -0.39 is 0 Å². The maximum atomic E-state index is 4.36. The Morgan fingerprint density at radius 3 is 2.45 bits per heavy atom. The zero-order valence-corrected chi connectivity index (χ0v) is 13.0. The zero-order chi connectivity index (χ0) is 15.4. The molecule has 3 rings (SSSR count). The first kappa shape index (κ1) is 14.3. The molecule has 3 aromatic rings. The van der Waals surface area contributed by atoms with Crippen molar-refractivity contribution in [3.63, 3.8) is 0 Å². The van der Waals surface area contributed by atoms with Crippen LogP contribution in [0.15, 0.2) is 67.0 Å². The van der Waals surface area contributed by atoms with E-state index in [-0.39, 0.29) is 0 Å². The van der Waals surface area contributed by atoms with Crippen molar-refractivity contribution in [1.29, 1.82) is 0 Å². The lowest BCUT2D eigenvalue weighted by atomic mass is 9.99. The molecular formula is C20H20N2. The Balaban J connectivity index is 2.03. The molecule has 0 aliphatic heterocycles. The van der Waals surface area contributed by atoms with Crippen LogP contribution < -0.4 is 0 Å². The highest BCUT2D eigenvalue weighted by atomic mass is 15.3. The third-order valence-corrected chi connectivity index (χ3v) is 3.72. The summed E-state index contributed by atoms with van der Waals surface area (Å²) in [5, 5.41) is 4.36. The predicted octanol–water partition coefficient (Wildman–Crippen LogP) is 5.17. The number of hydrogen-bond acceptors (Lipinski definition) is 1. The Kier molecular flexibility index (Phi) is 4.19. The molecule has 0 fully saturated rings. The summed E-state index contributed by atoms with van der Waals surface area (Å²) in [6, 6.07) is 18.9. The molecule has 2 aromatic carbocycles. The standard InChI is InChI=1S/C20H20N2/c1-16(2)18-11-12-20(22-14-6-13-21-22)19(15-18)10-9-17-7-4-3-5-8-17/h3-16H,1-2H3/b10-9+. The van der Waals surface area contributed by atoms with E-state index in [0.29, 0.717) is 5.92 Å². The van der Waals surface area contributed by atoms with Gasteiger partial charge in [-0.3, -0.25) is 0 Å². The smallest absolute Gasteiger partial charge is 0.0718 e. The van der Waals surface area contributed by atoms with E-state index in [0.717, 1.165) is 5.69 Å². The molecule has 0 saturated heterocycles. The molecule has 2 heteroatoms. The molecule has 0 bridgehead atoms. The van der Waals surface area contributed by atoms with Gasteiger partial charge in [0, 0.05) is 18.0 Å². The Hall–Kier alpha value is -2.61. The van der Waals surface area contributed by atoms with E-state index in [1.807, 2.05) is 23.0 Å². The lowest BCUT2D eigenvalue weighted by Gasteiger charge is -2.11. The third-order valence-electron chi connectivity index (χ3n) is 3.72. The van der Waals surface area contributed by atoms with Gasteiger partial charge in [0.2, 0.25) is 0 Å². The summed E-state index contributed by atoms with van der Waals surface area (Å²) in [5.41, 5.74) is 4.81. The Bertz CT molecular complexity index is 754. The quantitative estimate of drug-likeness (QED) is 0.606. The fourth-order valence-electron chi connectivity index (χ4n) is 2.44. The molecule has 22 heavy (non-hydrogen) atoms. The summed E-state index contributed by atoms with van der Waals surface area (Å²) in [6.07, 6.45) is 8.09. The minimum atomic E-state index is 0.510. The molecule has 0 aliphatic carbocycles. The highest BCUT2D eigenvalue weighted by Gasteiger charge is 2.06. The molecule has 0 amide bonds. The van der Waals surface area contributed by atoms with Crippen LogP contribution in [0.25, 0.3) is 17.8 Å². The minimum Gasteiger partial charge on any atom is -0.240 e. The van der Waals surface area contributed by atoms with E-state index in [4.69, 9.17) is 0 Å². The highest BCUT2D eigenvalue weighted by Crippen LogP contribution is 2.23. The molecule has 1 heterocycles. The monoisotopic (exact) mass is 288 g/mol. The van der Waals surface area contributed by atoms with E-state index in [1.165, 1.54) is 16.7 Å². The fourth-order valence-corrected chi connectivity index (χ4v) is 2.44. The molecule has 0 spiro atoms. The van der Waals surface area contributed by atoms with E-state index in [1.54, 1.807) is 6.20 Å². The molecular weight excluding hydrogens is 268 g/mol. The molecule has 0 radical (unpaired) electrons. The molecule has 110 valence electrons. The number of benzene rings is 2. The zero-order valence-electron chi connectivity index (χ0n) is 13.0. The van der Waals surface area contributed by atoms with Crippen molar-refractivity contribution in [2.75, 3.05) is 0 Å². The van der Waals surface area contributed by atoms with Crippen LogP contribution in [0.3, 0.4) is 0 Å². The summed E-state index contributed by atoms with van der Waals surface area (Å²) >= 11 is 0. The Labute approximate surface area is 131 Å². The van der Waals surface area contributed by atoms with E-state index >= 15 is 0 Å². The second-order valence-corrected chi connectivity index (χ2v) is 5.67. The van der Waals surface area contributed by atoms with Crippen LogP contribution in [-0.2, 0) is 0 Å². The van der Waals surface area contributed by atoms with Crippen molar-refractivity contribution in [3.8, 4) is 5.69 Å². The van der Waals surface area contributed by atoms with Gasteiger partial charge in [-0.2, -0.15) is 5.10 Å². The second-order valence-electron chi connectivity index (χ2n) is 5.67. The van der Waals surface area contributed by atoms with Gasteiger partial charge in [0.1, 0.15) is 0 Å². The van der Waals surface area contributed by atoms with E-state index in [2.05, 4.69) is 73.6 Å². The Morgan fingerprint density at radius 1 is 0.955 bits per heavy atom. The maximum absolute atomic E-state index is 4.36. The number of rotatable bonds is 4. The van der Waals surface area contributed by atoms with Crippen LogP contribution in [0.5, 0.6) is 0 Å². The van der Waals surface area contributed by atoms with Gasteiger partial charge < -0.3 is 0 Å². The average molecular weight is 288 g/mol. The largest absolute Gasteiger partial charge is 0.240 e. The maximum Gasteiger partial charge on any atom is 0.0718 e. The predicted molar refractivity (Wildman–Crippen MR) is 93.0 cm³/mol. The lowest BCUT2D eigenvalue weighted by Crippen LogP contribution is -1.99. The number of nitrogens with zero attached hydrogens (tertiary/aromatic N) is 2. The summed E-state index contributed by atoms with van der Waals surface area (Å²) in [6.45, 7) is 4.43. The minimum absolute atomic E-state index is 0.510. The third kappa shape index (κ3) is 3.17. The first-order valence-electron chi connectivity index (χ1n) is 7.61. The van der Waals surface area contributed by atoms with Crippen LogP contribution in [-0.4, -0.2) is 9.78 Å². The van der Waals surface area contributed by atoms with Crippen molar-refractivity contribution in [2.45, 2.75) is 19.8 Å². The van der Waals surface area contributed by atoms with Gasteiger partial charge in [0.05, 0.1) is 5.69 Å². The Morgan fingerprint density at radius 2 is 1.77 bits per heavy atom. The highest BCUT2D eigenvalue weighted by molar-refractivity contribution is 5.74. The van der Waals surface area contributed by atoms with Crippen LogP contribution in [0.2, 0.25) is 0 Å². The first-order valence-corrected chi connectivity index (χ1v) is 7.61. The van der Waals surface area contributed by atoms with Gasteiger partial charge in [-0.25, -0.2) is 4.68 Å². The number of aromatic nitrogens is 2. The average Bonchev–Trinajstić information content (AvgIpc) is 3.08. The summed E-state index contributed by atoms with van der Waals surface area (Å²) < 4.78 is 1.91. The molecule has 0 saturated carbocycles. The van der Waals surface area contributed by atoms with Gasteiger partial charge in [0.15, 0.2) is 0 Å². The van der Waals surface area contributed by atoms with Gasteiger partial charge >= 0.3 is 0 Å². The first-order chi connectivity index (χ1) is 10.7. The summed E-state index contributed by atoms with van der Waals surface area (Å²) in [7, 11) is 0. The molecule has 2 nitrogen and oxygen atoms in total. The van der Waals surface area contributed by atoms with Gasteiger partial charge in [-0.05, 0) is 35.2 Å². The van der Waals surface area contributed by atoms with Gasteiger partial charge in [-0.1, -0.05) is 62.4 Å². The van der Waals surface area contributed by atoms with Crippen molar-refractivity contribution >= 4 is 12.2 Å². The van der Waals surface area contributed by atoms with E-state index in [9.17, 15) is 0 Å². The molecule has 0 atom stereocenters. The van der Waals surface area contributed by atoms with Crippen LogP contribution in [0.4, 0.5) is 0 Å². The lowest BCUT2D eigenvalue weighted by molar-refractivity contribution is 0.852. The normalized spacial score (nSPS) is 11.4. The van der Waals surface area contributed by atoms with Crippen molar-refractivity contribution < 1.29 is 0 Å². The molecule has 1 aromatic heterocycles. The number of hydrogen-bond donors (Lipinski definition) is 0.